The number of aliphatic imine (C=N–C) groups is 1. The van der Waals surface area contributed by atoms with E-state index in [0.717, 1.165) is 11.3 Å². The summed E-state index contributed by atoms with van der Waals surface area (Å²) in [5, 5.41) is 0. The van der Waals surface area contributed by atoms with Crippen LogP contribution in [0.3, 0.4) is 0 Å². The molecule has 0 fully saturated rings. The Hall–Kier alpha value is -1.19. The number of nitrogens with zero attached hydrogens (tertiary/aromatic N) is 1. The lowest BCUT2D eigenvalue weighted by molar-refractivity contribution is -0.109. The van der Waals surface area contributed by atoms with Crippen LogP contribution in [0.1, 0.15) is 20.8 Å². The summed E-state index contributed by atoms with van der Waals surface area (Å²) in [5.74, 6) is 0. The minimum Gasteiger partial charge on any atom is -0.349 e. The monoisotopic (exact) mass is 223 g/mol. The second-order valence-electron chi connectivity index (χ2n) is 3.05. The molecule has 90 valence electrons. The molecule has 0 N–H and O–H groups in total. The van der Waals surface area contributed by atoms with E-state index in [2.05, 4.69) is 18.2 Å². The lowest BCUT2D eigenvalue weighted by atomic mass is 10.2. The van der Waals surface area contributed by atoms with E-state index in [-0.39, 0.29) is 0 Å². The van der Waals surface area contributed by atoms with E-state index >= 15 is 0 Å². The molecule has 0 saturated heterocycles. The number of ether oxygens (including phenoxy) is 2. The zero-order valence-electron chi connectivity index (χ0n) is 10.4. The fraction of sp³-hybridized carbons (Fsp3) is 0.462. The molecule has 0 unspecified atom stereocenters. The molecule has 0 rings (SSSR count). The van der Waals surface area contributed by atoms with Gasteiger partial charge >= 0.3 is 0 Å². The van der Waals surface area contributed by atoms with Crippen molar-refractivity contribution in [2.24, 2.45) is 4.99 Å². The van der Waals surface area contributed by atoms with Crippen LogP contribution in [-0.4, -0.2) is 25.2 Å². The van der Waals surface area contributed by atoms with Crippen molar-refractivity contribution in [1.29, 1.82) is 0 Å². The summed E-state index contributed by atoms with van der Waals surface area (Å²) >= 11 is 0. The summed E-state index contributed by atoms with van der Waals surface area (Å²) in [6.45, 7) is 14.2. The molecule has 3 nitrogen and oxygen atoms in total. The molecule has 0 amide bonds. The maximum atomic E-state index is 5.44. The first-order valence-electron chi connectivity index (χ1n) is 5.42. The maximum absolute atomic E-state index is 5.44. The quantitative estimate of drug-likeness (QED) is 0.359. The molecule has 0 spiro atoms. The predicted molar refractivity (Wildman–Crippen MR) is 68.6 cm³/mol. The number of hydrogen-bond acceptors (Lipinski definition) is 3. The van der Waals surface area contributed by atoms with Gasteiger partial charge in [-0.05, 0) is 26.8 Å². The van der Waals surface area contributed by atoms with Gasteiger partial charge in [0.05, 0.1) is 0 Å². The van der Waals surface area contributed by atoms with Crippen LogP contribution in [0.15, 0.2) is 42.1 Å². The summed E-state index contributed by atoms with van der Waals surface area (Å²) in [4.78, 5) is 4.20. The molecule has 0 radical (unpaired) electrons. The Morgan fingerprint density at radius 1 is 1.19 bits per heavy atom. The summed E-state index contributed by atoms with van der Waals surface area (Å²) in [6, 6.07) is 0. The normalized spacial score (nSPS) is 13.0. The van der Waals surface area contributed by atoms with Crippen molar-refractivity contribution in [2.45, 2.75) is 27.1 Å². The molecule has 0 aromatic heterocycles. The van der Waals surface area contributed by atoms with Gasteiger partial charge in [-0.1, -0.05) is 19.2 Å². The lowest BCUT2D eigenvalue weighted by Crippen LogP contribution is -2.19. The minimum atomic E-state index is -0.395. The van der Waals surface area contributed by atoms with Crippen LogP contribution in [-0.2, 0) is 9.47 Å². The molecule has 0 aliphatic heterocycles. The van der Waals surface area contributed by atoms with Crippen LogP contribution >= 0.6 is 0 Å². The molecule has 0 bridgehead atoms. The Kier molecular flexibility index (Phi) is 8.39. The Balaban J connectivity index is 4.76. The third kappa shape index (κ3) is 5.63. The highest BCUT2D eigenvalue weighted by Gasteiger charge is 2.11. The van der Waals surface area contributed by atoms with Crippen molar-refractivity contribution in [3.63, 3.8) is 0 Å². The fourth-order valence-corrected chi connectivity index (χ4v) is 0.982. The van der Waals surface area contributed by atoms with Crippen LogP contribution in [0, 0.1) is 0 Å². The maximum Gasteiger partial charge on any atom is 0.185 e. The van der Waals surface area contributed by atoms with E-state index in [0.29, 0.717) is 13.2 Å². The zero-order chi connectivity index (χ0) is 12.4. The molecular weight excluding hydrogens is 202 g/mol. The van der Waals surface area contributed by atoms with Gasteiger partial charge in [-0.3, -0.25) is 4.99 Å². The van der Waals surface area contributed by atoms with Gasteiger partial charge in [-0.15, -0.1) is 0 Å². The predicted octanol–water partition coefficient (Wildman–Crippen LogP) is 3.10. The largest absolute Gasteiger partial charge is 0.349 e. The smallest absolute Gasteiger partial charge is 0.185 e. The molecule has 0 atom stereocenters. The molecule has 16 heavy (non-hydrogen) atoms. The van der Waals surface area contributed by atoms with Crippen molar-refractivity contribution < 1.29 is 9.47 Å². The van der Waals surface area contributed by atoms with Gasteiger partial charge in [-0.25, -0.2) is 0 Å². The van der Waals surface area contributed by atoms with Crippen LogP contribution in [0.2, 0.25) is 0 Å². The second kappa shape index (κ2) is 9.07. The Morgan fingerprint density at radius 3 is 2.12 bits per heavy atom. The highest BCUT2D eigenvalue weighted by Crippen LogP contribution is 2.10. The Morgan fingerprint density at radius 2 is 1.75 bits per heavy atom. The summed E-state index contributed by atoms with van der Waals surface area (Å²) < 4.78 is 10.9. The van der Waals surface area contributed by atoms with E-state index in [1.54, 1.807) is 18.4 Å². The van der Waals surface area contributed by atoms with E-state index in [4.69, 9.17) is 9.47 Å². The van der Waals surface area contributed by atoms with E-state index < -0.39 is 6.29 Å². The van der Waals surface area contributed by atoms with Crippen LogP contribution < -0.4 is 0 Å². The standard InChI is InChI=1S/C13H21NO2/c1-6-11(5)14-10-12(7-2)13(15-8-3)16-9-4/h6-7,10,13H,1-2,8-9H2,3-5H3/b12-10+,14-11?. The molecule has 0 saturated carbocycles. The molecular formula is C13H21NO2. The van der Waals surface area contributed by atoms with Gasteiger partial charge in [0.2, 0.25) is 0 Å². The lowest BCUT2D eigenvalue weighted by Gasteiger charge is -2.17. The molecule has 3 heteroatoms. The van der Waals surface area contributed by atoms with Gasteiger partial charge in [0.25, 0.3) is 0 Å². The average Bonchev–Trinajstić information content (AvgIpc) is 2.30. The average molecular weight is 223 g/mol. The molecule has 0 heterocycles. The number of hydrogen-bond donors (Lipinski definition) is 0. The van der Waals surface area contributed by atoms with Gasteiger partial charge in [0, 0.05) is 30.7 Å². The van der Waals surface area contributed by atoms with Crippen molar-refractivity contribution in [3.8, 4) is 0 Å². The SMILES string of the molecule is C=CC(C)=N/C=C(\C=C)C(OCC)OCC. The summed E-state index contributed by atoms with van der Waals surface area (Å²) in [5.41, 5.74) is 1.65. The highest BCUT2D eigenvalue weighted by molar-refractivity contribution is 5.92. The Bertz CT molecular complexity index is 274. The third-order valence-corrected chi connectivity index (χ3v) is 1.86. The minimum absolute atomic E-state index is 0.395. The van der Waals surface area contributed by atoms with Crippen molar-refractivity contribution in [1.82, 2.24) is 0 Å². The first kappa shape index (κ1) is 14.8. The number of rotatable bonds is 8. The van der Waals surface area contributed by atoms with Crippen molar-refractivity contribution >= 4 is 5.71 Å². The number of allylic oxidation sites excluding steroid dienone is 1. The van der Waals surface area contributed by atoms with Gasteiger partial charge in [-0.2, -0.15) is 0 Å². The highest BCUT2D eigenvalue weighted by atomic mass is 16.7. The van der Waals surface area contributed by atoms with E-state index in [1.807, 2.05) is 20.8 Å². The first-order chi connectivity index (χ1) is 7.69. The summed E-state index contributed by atoms with van der Waals surface area (Å²) in [7, 11) is 0. The molecule has 0 aromatic carbocycles. The third-order valence-electron chi connectivity index (χ3n) is 1.86. The van der Waals surface area contributed by atoms with E-state index in [9.17, 15) is 0 Å². The van der Waals surface area contributed by atoms with Crippen LogP contribution in [0.4, 0.5) is 0 Å². The molecule has 0 aliphatic carbocycles. The Labute approximate surface area is 98.2 Å². The van der Waals surface area contributed by atoms with Gasteiger partial charge in [0.1, 0.15) is 0 Å². The van der Waals surface area contributed by atoms with Crippen LogP contribution in [0.5, 0.6) is 0 Å². The topological polar surface area (TPSA) is 30.8 Å². The fourth-order valence-electron chi connectivity index (χ4n) is 0.982. The second-order valence-corrected chi connectivity index (χ2v) is 3.05. The molecule has 0 aliphatic rings. The summed E-state index contributed by atoms with van der Waals surface area (Å²) in [6.07, 6.45) is 4.68. The van der Waals surface area contributed by atoms with Gasteiger partial charge < -0.3 is 9.47 Å². The molecule has 0 aromatic rings. The first-order valence-corrected chi connectivity index (χ1v) is 5.42. The zero-order valence-corrected chi connectivity index (χ0v) is 10.4. The van der Waals surface area contributed by atoms with Gasteiger partial charge in [0.15, 0.2) is 6.29 Å². The van der Waals surface area contributed by atoms with Crippen molar-refractivity contribution in [2.75, 3.05) is 13.2 Å². The van der Waals surface area contributed by atoms with Crippen LogP contribution in [0.25, 0.3) is 0 Å². The van der Waals surface area contributed by atoms with E-state index in [1.165, 1.54) is 0 Å². The van der Waals surface area contributed by atoms with Crippen molar-refractivity contribution in [3.05, 3.63) is 37.1 Å².